The van der Waals surface area contributed by atoms with Crippen molar-refractivity contribution in [2.75, 3.05) is 18.5 Å². The Morgan fingerprint density at radius 3 is 2.92 bits per heavy atom. The summed E-state index contributed by atoms with van der Waals surface area (Å²) < 4.78 is 1.79. The van der Waals surface area contributed by atoms with Crippen LogP contribution in [-0.2, 0) is 17.9 Å². The van der Waals surface area contributed by atoms with E-state index in [1.165, 1.54) is 0 Å². The second-order valence-corrected chi connectivity index (χ2v) is 6.39. The first-order chi connectivity index (χ1) is 11.6. The molecule has 0 unspecified atom stereocenters. The number of halogens is 1. The molecule has 0 N–H and O–H groups in total. The van der Waals surface area contributed by atoms with Crippen LogP contribution in [0.3, 0.4) is 0 Å². The first kappa shape index (κ1) is 16.9. The van der Waals surface area contributed by atoms with Gasteiger partial charge in [-0.1, -0.05) is 30.7 Å². The van der Waals surface area contributed by atoms with Crippen molar-refractivity contribution in [1.29, 1.82) is 0 Å². The molecule has 1 aliphatic rings. The Bertz CT molecular complexity index is 718. The van der Waals surface area contributed by atoms with E-state index in [0.717, 1.165) is 30.9 Å². The minimum absolute atomic E-state index is 0.0696. The molecule has 7 nitrogen and oxygen atoms in total. The van der Waals surface area contributed by atoms with E-state index in [4.69, 9.17) is 11.6 Å². The van der Waals surface area contributed by atoms with Crippen LogP contribution in [0, 0.1) is 0 Å². The van der Waals surface area contributed by atoms with Gasteiger partial charge in [0.25, 0.3) is 0 Å². The fraction of sp³-hybridized carbons (Fsp3) is 0.500. The monoisotopic (exact) mass is 348 g/mol. The number of carbonyl (C=O) groups is 1. The van der Waals surface area contributed by atoms with Crippen molar-refractivity contribution < 1.29 is 4.79 Å². The highest BCUT2D eigenvalue weighted by Crippen LogP contribution is 2.30. The zero-order valence-electron chi connectivity index (χ0n) is 13.9. The third-order valence-electron chi connectivity index (χ3n) is 4.28. The number of hydrogen-bond acceptors (Lipinski definition) is 5. The summed E-state index contributed by atoms with van der Waals surface area (Å²) in [5.41, 5.74) is 0.774. The zero-order chi connectivity index (χ0) is 17.1. The van der Waals surface area contributed by atoms with Crippen LogP contribution in [0.1, 0.15) is 25.6 Å². The Labute approximate surface area is 146 Å². The van der Waals surface area contributed by atoms with Crippen LogP contribution in [-0.4, -0.2) is 50.6 Å². The molecule has 0 aliphatic carbocycles. The Hall–Kier alpha value is -1.99. The Morgan fingerprint density at radius 2 is 2.17 bits per heavy atom. The van der Waals surface area contributed by atoms with E-state index in [1.54, 1.807) is 15.6 Å². The maximum absolute atomic E-state index is 12.8. The van der Waals surface area contributed by atoms with E-state index in [2.05, 4.69) is 22.4 Å². The number of tetrazole rings is 1. The average molecular weight is 349 g/mol. The number of carbonyl (C=O) groups excluding carboxylic acids is 1. The fourth-order valence-electron chi connectivity index (χ4n) is 3.04. The first-order valence-electron chi connectivity index (χ1n) is 8.13. The number of hydrogen-bond donors (Lipinski definition) is 0. The van der Waals surface area contributed by atoms with Gasteiger partial charge in [-0.3, -0.25) is 9.69 Å². The maximum atomic E-state index is 12.8. The van der Waals surface area contributed by atoms with Gasteiger partial charge in [-0.05, 0) is 42.4 Å². The van der Waals surface area contributed by atoms with Crippen molar-refractivity contribution in [2.45, 2.75) is 38.9 Å². The third kappa shape index (κ3) is 3.27. The van der Waals surface area contributed by atoms with Crippen LogP contribution in [0.5, 0.6) is 0 Å². The summed E-state index contributed by atoms with van der Waals surface area (Å²) in [4.78, 5) is 16.6. The van der Waals surface area contributed by atoms with Crippen LogP contribution in [0.2, 0.25) is 5.02 Å². The summed E-state index contributed by atoms with van der Waals surface area (Å²) in [7, 11) is 1.93. The van der Waals surface area contributed by atoms with Crippen molar-refractivity contribution in [2.24, 2.45) is 0 Å². The molecule has 0 radical (unpaired) electrons. The molecule has 0 saturated carbocycles. The molecule has 1 saturated heterocycles. The number of likely N-dealkylation sites (N-methyl/N-ethyl adjacent to an activating group) is 1. The molecule has 1 fully saturated rings. The molecule has 1 aliphatic heterocycles. The zero-order valence-corrected chi connectivity index (χ0v) is 14.6. The van der Waals surface area contributed by atoms with Gasteiger partial charge in [0.2, 0.25) is 5.91 Å². The molecule has 2 heterocycles. The van der Waals surface area contributed by atoms with Crippen LogP contribution in [0.4, 0.5) is 5.69 Å². The molecule has 1 aromatic carbocycles. The largest absolute Gasteiger partial charge is 0.310 e. The lowest BCUT2D eigenvalue weighted by Crippen LogP contribution is -2.40. The molecule has 0 spiro atoms. The molecule has 3 rings (SSSR count). The van der Waals surface area contributed by atoms with Crippen molar-refractivity contribution >= 4 is 23.2 Å². The van der Waals surface area contributed by atoms with Gasteiger partial charge in [0.15, 0.2) is 5.82 Å². The van der Waals surface area contributed by atoms with Crippen molar-refractivity contribution in [1.82, 2.24) is 25.1 Å². The molecule has 2 aromatic rings. The highest BCUT2D eigenvalue weighted by Gasteiger charge is 2.36. The molecule has 1 aromatic heterocycles. The van der Waals surface area contributed by atoms with Crippen LogP contribution in [0.25, 0.3) is 0 Å². The normalized spacial score (nSPS) is 17.9. The molecule has 1 amide bonds. The number of anilines is 1. The number of benzene rings is 1. The highest BCUT2D eigenvalue weighted by molar-refractivity contribution is 6.33. The number of rotatable bonds is 6. The summed E-state index contributed by atoms with van der Waals surface area (Å²) in [6.45, 7) is 4.06. The first-order valence-corrected chi connectivity index (χ1v) is 8.50. The summed E-state index contributed by atoms with van der Waals surface area (Å²) in [5, 5.41) is 12.4. The van der Waals surface area contributed by atoms with Crippen molar-refractivity contribution in [3.05, 3.63) is 35.1 Å². The van der Waals surface area contributed by atoms with E-state index in [9.17, 15) is 4.79 Å². The quantitative estimate of drug-likeness (QED) is 0.798. The van der Waals surface area contributed by atoms with E-state index >= 15 is 0 Å². The van der Waals surface area contributed by atoms with Gasteiger partial charge in [0.1, 0.15) is 0 Å². The van der Waals surface area contributed by atoms with Gasteiger partial charge >= 0.3 is 0 Å². The predicted octanol–water partition coefficient (Wildman–Crippen LogP) is 1.97. The van der Waals surface area contributed by atoms with Crippen molar-refractivity contribution in [3.8, 4) is 0 Å². The lowest BCUT2D eigenvalue weighted by Gasteiger charge is -2.23. The van der Waals surface area contributed by atoms with Crippen molar-refractivity contribution in [3.63, 3.8) is 0 Å². The van der Waals surface area contributed by atoms with E-state index in [1.807, 2.05) is 30.1 Å². The van der Waals surface area contributed by atoms with E-state index < -0.39 is 0 Å². The van der Waals surface area contributed by atoms with Crippen LogP contribution in [0.15, 0.2) is 24.3 Å². The Balaban J connectivity index is 1.71. The topological polar surface area (TPSA) is 67.2 Å². The minimum atomic E-state index is -0.187. The highest BCUT2D eigenvalue weighted by atomic mass is 35.5. The molecular weight excluding hydrogens is 328 g/mol. The second-order valence-electron chi connectivity index (χ2n) is 5.98. The van der Waals surface area contributed by atoms with Gasteiger partial charge in [0, 0.05) is 13.1 Å². The van der Waals surface area contributed by atoms with Gasteiger partial charge in [-0.25, -0.2) is 4.68 Å². The number of para-hydroxylation sites is 1. The number of aryl methyl sites for hydroxylation is 1. The lowest BCUT2D eigenvalue weighted by atomic mass is 10.2. The fourth-order valence-corrected chi connectivity index (χ4v) is 3.28. The maximum Gasteiger partial charge on any atom is 0.244 e. The summed E-state index contributed by atoms with van der Waals surface area (Å²) >= 11 is 6.23. The third-order valence-corrected chi connectivity index (χ3v) is 4.60. The van der Waals surface area contributed by atoms with E-state index in [-0.39, 0.29) is 11.9 Å². The van der Waals surface area contributed by atoms with Crippen LogP contribution >= 0.6 is 11.6 Å². The smallest absolute Gasteiger partial charge is 0.244 e. The predicted molar refractivity (Wildman–Crippen MR) is 91.8 cm³/mol. The van der Waals surface area contributed by atoms with E-state index in [0.29, 0.717) is 18.1 Å². The SMILES string of the molecule is CCCn1nnnc1CN(C)[C@H]1CCN(c2ccccc2Cl)C1=O. The average Bonchev–Trinajstić information content (AvgIpc) is 3.15. The van der Waals surface area contributed by atoms with Crippen LogP contribution < -0.4 is 4.90 Å². The number of nitrogens with zero attached hydrogens (tertiary/aromatic N) is 6. The van der Waals surface area contributed by atoms with Gasteiger partial charge in [0.05, 0.1) is 23.3 Å². The Kier molecular flexibility index (Phi) is 5.11. The number of amides is 1. The molecule has 0 bridgehead atoms. The van der Waals surface area contributed by atoms with Gasteiger partial charge < -0.3 is 4.90 Å². The molecule has 8 heteroatoms. The Morgan fingerprint density at radius 1 is 1.38 bits per heavy atom. The molecule has 1 atom stereocenters. The minimum Gasteiger partial charge on any atom is -0.310 e. The molecular formula is C16H21ClN6O. The summed E-state index contributed by atoms with van der Waals surface area (Å²) in [5.74, 6) is 0.850. The standard InChI is InChI=1S/C16H21ClN6O/c1-3-9-23-15(18-19-20-23)11-21(2)14-8-10-22(16(14)24)13-7-5-4-6-12(13)17/h4-7,14H,3,8-11H2,1-2H3/t14-/m0/s1. The summed E-state index contributed by atoms with van der Waals surface area (Å²) in [6, 6.07) is 7.26. The molecule has 128 valence electrons. The van der Waals surface area contributed by atoms with Gasteiger partial charge in [-0.15, -0.1) is 5.10 Å². The lowest BCUT2D eigenvalue weighted by molar-refractivity contribution is -0.121. The summed E-state index contributed by atoms with van der Waals surface area (Å²) in [6.07, 6.45) is 1.72. The van der Waals surface area contributed by atoms with Gasteiger partial charge in [-0.2, -0.15) is 0 Å². The second kappa shape index (κ2) is 7.27. The molecule has 24 heavy (non-hydrogen) atoms. The number of aromatic nitrogens is 4.